The first-order chi connectivity index (χ1) is 19.6. The van der Waals surface area contributed by atoms with Gasteiger partial charge in [-0.3, -0.25) is 9.59 Å². The molecule has 0 saturated carbocycles. The summed E-state index contributed by atoms with van der Waals surface area (Å²) >= 11 is 0. The van der Waals surface area contributed by atoms with E-state index in [0.717, 1.165) is 22.3 Å². The monoisotopic (exact) mass is 520 g/mol. The third-order valence-electron chi connectivity index (χ3n) is 6.26. The number of anilines is 2. The van der Waals surface area contributed by atoms with Crippen molar-refractivity contribution < 1.29 is 9.59 Å². The highest BCUT2D eigenvalue weighted by molar-refractivity contribution is 6.08. The second kappa shape index (κ2) is 12.9. The van der Waals surface area contributed by atoms with E-state index in [9.17, 15) is 9.59 Å². The molecule has 2 amide bonds. The van der Waals surface area contributed by atoms with E-state index in [4.69, 9.17) is 0 Å². The fourth-order valence-electron chi connectivity index (χ4n) is 4.08. The largest absolute Gasteiger partial charge is 0.322 e. The van der Waals surface area contributed by atoms with Gasteiger partial charge in [-0.25, -0.2) is 0 Å². The SMILES string of the molecule is O=C(Nc1ccc(/C=C/c2ccccc2)cc1)c1cccc(C(=O)Nc2ccc(/C=C/c3ccccc3)cc2)c1. The van der Waals surface area contributed by atoms with Gasteiger partial charge in [-0.2, -0.15) is 0 Å². The molecule has 0 aliphatic carbocycles. The molecule has 0 aliphatic rings. The molecule has 0 bridgehead atoms. The summed E-state index contributed by atoms with van der Waals surface area (Å²) in [7, 11) is 0. The second-order valence-corrected chi connectivity index (χ2v) is 9.22. The van der Waals surface area contributed by atoms with Crippen LogP contribution >= 0.6 is 0 Å². The molecule has 4 heteroatoms. The Labute approximate surface area is 234 Å². The van der Waals surface area contributed by atoms with Crippen LogP contribution in [0, 0.1) is 0 Å². The first-order valence-electron chi connectivity index (χ1n) is 13.0. The van der Waals surface area contributed by atoms with Crippen LogP contribution in [-0.2, 0) is 0 Å². The summed E-state index contributed by atoms with van der Waals surface area (Å²) < 4.78 is 0. The fourth-order valence-corrected chi connectivity index (χ4v) is 4.08. The third-order valence-corrected chi connectivity index (χ3v) is 6.26. The van der Waals surface area contributed by atoms with Crippen molar-refractivity contribution >= 4 is 47.5 Å². The number of carbonyl (C=O) groups excluding carboxylic acids is 2. The van der Waals surface area contributed by atoms with Crippen molar-refractivity contribution in [2.75, 3.05) is 10.6 Å². The van der Waals surface area contributed by atoms with Gasteiger partial charge in [-0.05, 0) is 64.7 Å². The average molecular weight is 521 g/mol. The molecule has 2 N–H and O–H groups in total. The number of amides is 2. The molecule has 0 atom stereocenters. The summed E-state index contributed by atoms with van der Waals surface area (Å²) in [6.45, 7) is 0. The van der Waals surface area contributed by atoms with Crippen molar-refractivity contribution in [1.82, 2.24) is 0 Å². The van der Waals surface area contributed by atoms with Crippen LogP contribution in [-0.4, -0.2) is 11.8 Å². The van der Waals surface area contributed by atoms with E-state index in [2.05, 4.69) is 10.6 Å². The minimum absolute atomic E-state index is 0.281. The van der Waals surface area contributed by atoms with Gasteiger partial charge in [0.05, 0.1) is 0 Å². The molecule has 5 aromatic rings. The summed E-state index contributed by atoms with van der Waals surface area (Å²) in [5.41, 5.74) is 6.47. The van der Waals surface area contributed by atoms with Crippen LogP contribution in [0.25, 0.3) is 24.3 Å². The molecular formula is C36H28N2O2. The predicted octanol–water partition coefficient (Wildman–Crippen LogP) is 8.53. The van der Waals surface area contributed by atoms with Crippen LogP contribution in [0.4, 0.5) is 11.4 Å². The molecule has 4 nitrogen and oxygen atoms in total. The Kier molecular flexibility index (Phi) is 8.40. The van der Waals surface area contributed by atoms with Crippen molar-refractivity contribution in [2.24, 2.45) is 0 Å². The minimum Gasteiger partial charge on any atom is -0.322 e. The summed E-state index contributed by atoms with van der Waals surface area (Å²) in [5.74, 6) is -0.562. The van der Waals surface area contributed by atoms with Crippen molar-refractivity contribution in [3.05, 3.63) is 167 Å². The number of nitrogens with one attached hydrogen (secondary N) is 2. The van der Waals surface area contributed by atoms with Crippen LogP contribution in [0.1, 0.15) is 43.0 Å². The summed E-state index contributed by atoms with van der Waals surface area (Å²) in [6, 6.07) is 42.1. The fraction of sp³-hybridized carbons (Fsp3) is 0. The molecular weight excluding hydrogens is 492 g/mol. The lowest BCUT2D eigenvalue weighted by atomic mass is 10.1. The van der Waals surface area contributed by atoms with Gasteiger partial charge in [-0.1, -0.05) is 115 Å². The van der Waals surface area contributed by atoms with E-state index in [0.29, 0.717) is 22.5 Å². The van der Waals surface area contributed by atoms with Gasteiger partial charge < -0.3 is 10.6 Å². The Balaban J connectivity index is 1.18. The van der Waals surface area contributed by atoms with Crippen molar-refractivity contribution in [1.29, 1.82) is 0 Å². The van der Waals surface area contributed by atoms with Gasteiger partial charge in [-0.15, -0.1) is 0 Å². The second-order valence-electron chi connectivity index (χ2n) is 9.22. The first kappa shape index (κ1) is 26.1. The molecule has 40 heavy (non-hydrogen) atoms. The van der Waals surface area contributed by atoms with E-state index >= 15 is 0 Å². The van der Waals surface area contributed by atoms with E-state index < -0.39 is 0 Å². The van der Waals surface area contributed by atoms with Gasteiger partial charge in [0.25, 0.3) is 11.8 Å². The number of rotatable bonds is 8. The molecule has 0 aliphatic heterocycles. The standard InChI is InChI=1S/C36H28N2O2/c39-35(37-33-22-18-29(19-23-33)16-14-27-8-3-1-4-9-27)31-12-7-13-32(26-31)36(40)38-34-24-20-30(21-25-34)17-15-28-10-5-2-6-11-28/h1-26H,(H,37,39)(H,38,40)/b16-14+,17-15+. The molecule has 194 valence electrons. The highest BCUT2D eigenvalue weighted by Crippen LogP contribution is 2.17. The molecule has 0 spiro atoms. The number of benzene rings is 5. The Bertz CT molecular complexity index is 1520. The van der Waals surface area contributed by atoms with Gasteiger partial charge >= 0.3 is 0 Å². The number of carbonyl (C=O) groups is 2. The van der Waals surface area contributed by atoms with Crippen LogP contribution in [0.5, 0.6) is 0 Å². The van der Waals surface area contributed by atoms with E-state index in [-0.39, 0.29) is 11.8 Å². The number of hydrogen-bond donors (Lipinski definition) is 2. The Morgan fingerprint density at radius 1 is 0.400 bits per heavy atom. The zero-order chi connectivity index (χ0) is 27.6. The first-order valence-corrected chi connectivity index (χ1v) is 13.0. The van der Waals surface area contributed by atoms with Crippen LogP contribution in [0.2, 0.25) is 0 Å². The highest BCUT2D eigenvalue weighted by Gasteiger charge is 2.11. The molecule has 0 aromatic heterocycles. The lowest BCUT2D eigenvalue weighted by molar-refractivity contribution is 0.102. The van der Waals surface area contributed by atoms with E-state index in [1.54, 1.807) is 24.3 Å². The molecule has 0 unspecified atom stereocenters. The zero-order valence-electron chi connectivity index (χ0n) is 21.8. The molecule has 0 radical (unpaired) electrons. The minimum atomic E-state index is -0.281. The maximum atomic E-state index is 12.9. The Morgan fingerprint density at radius 3 is 1.12 bits per heavy atom. The van der Waals surface area contributed by atoms with Crippen LogP contribution < -0.4 is 10.6 Å². The molecule has 0 heterocycles. The molecule has 0 saturated heterocycles. The Morgan fingerprint density at radius 2 is 0.750 bits per heavy atom. The zero-order valence-corrected chi connectivity index (χ0v) is 21.8. The Hall–Kier alpha value is -5.48. The van der Waals surface area contributed by atoms with Gasteiger partial charge in [0.15, 0.2) is 0 Å². The van der Waals surface area contributed by atoms with Crippen LogP contribution in [0.15, 0.2) is 133 Å². The van der Waals surface area contributed by atoms with Crippen molar-refractivity contribution in [3.8, 4) is 0 Å². The van der Waals surface area contributed by atoms with Crippen molar-refractivity contribution in [3.63, 3.8) is 0 Å². The summed E-state index contributed by atoms with van der Waals surface area (Å²) in [4.78, 5) is 25.8. The van der Waals surface area contributed by atoms with E-state index in [1.165, 1.54) is 0 Å². The van der Waals surface area contributed by atoms with Gasteiger partial charge in [0, 0.05) is 22.5 Å². The average Bonchev–Trinajstić information content (AvgIpc) is 3.01. The third kappa shape index (κ3) is 7.30. The van der Waals surface area contributed by atoms with Gasteiger partial charge in [0.2, 0.25) is 0 Å². The van der Waals surface area contributed by atoms with E-state index in [1.807, 2.05) is 133 Å². The number of hydrogen-bond acceptors (Lipinski definition) is 2. The predicted molar refractivity (Wildman–Crippen MR) is 166 cm³/mol. The highest BCUT2D eigenvalue weighted by atomic mass is 16.2. The van der Waals surface area contributed by atoms with Gasteiger partial charge in [0.1, 0.15) is 0 Å². The molecule has 5 rings (SSSR count). The lowest BCUT2D eigenvalue weighted by Gasteiger charge is -2.09. The molecule has 0 fully saturated rings. The van der Waals surface area contributed by atoms with Crippen LogP contribution in [0.3, 0.4) is 0 Å². The smallest absolute Gasteiger partial charge is 0.255 e. The normalized spacial score (nSPS) is 11.0. The topological polar surface area (TPSA) is 58.2 Å². The van der Waals surface area contributed by atoms with Crippen molar-refractivity contribution in [2.45, 2.75) is 0 Å². The lowest BCUT2D eigenvalue weighted by Crippen LogP contribution is -2.15. The summed E-state index contributed by atoms with van der Waals surface area (Å²) in [5, 5.41) is 5.81. The summed E-state index contributed by atoms with van der Waals surface area (Å²) in [6.07, 6.45) is 8.14. The molecule has 5 aromatic carbocycles. The maximum absolute atomic E-state index is 12.9. The maximum Gasteiger partial charge on any atom is 0.255 e. The quantitative estimate of drug-likeness (QED) is 0.201.